The monoisotopic (exact) mass is 156 g/mol. The molecular weight excluding hydrogens is 144 g/mol. The highest BCUT2D eigenvalue weighted by Crippen LogP contribution is 2.24. The number of halogens is 1. The second-order valence-electron chi connectivity index (χ2n) is 2.81. The lowest BCUT2D eigenvalue weighted by Crippen LogP contribution is -1.92. The minimum Gasteiger partial charge on any atom is -0.0850 e. The lowest BCUT2D eigenvalue weighted by Gasteiger charge is -2.12. The first-order valence-corrected chi connectivity index (χ1v) is 4.20. The first-order valence-electron chi connectivity index (χ1n) is 3.83. The lowest BCUT2D eigenvalue weighted by molar-refractivity contribution is 0.599. The zero-order chi connectivity index (χ0) is 7.40. The van der Waals surface area contributed by atoms with Crippen LogP contribution in [0.2, 0.25) is 0 Å². The Labute approximate surface area is 67.6 Å². The summed E-state index contributed by atoms with van der Waals surface area (Å²) in [4.78, 5) is 0. The molecule has 0 unspecified atom stereocenters. The highest BCUT2D eigenvalue weighted by Gasteiger charge is 2.03. The van der Waals surface area contributed by atoms with E-state index in [-0.39, 0.29) is 0 Å². The van der Waals surface area contributed by atoms with Crippen molar-refractivity contribution >= 4 is 11.6 Å². The summed E-state index contributed by atoms with van der Waals surface area (Å²) in [7, 11) is 0. The smallest absolute Gasteiger partial charge is 0.0333 e. The molecule has 1 aliphatic carbocycles. The van der Waals surface area contributed by atoms with Crippen molar-refractivity contribution in [2.45, 2.75) is 32.1 Å². The maximum absolute atomic E-state index is 5.64. The molecule has 0 radical (unpaired) electrons. The highest BCUT2D eigenvalue weighted by atomic mass is 35.5. The summed E-state index contributed by atoms with van der Waals surface area (Å²) in [5.74, 6) is 0. The first-order chi connectivity index (χ1) is 4.79. The topological polar surface area (TPSA) is 0 Å². The van der Waals surface area contributed by atoms with Gasteiger partial charge in [0.2, 0.25) is 0 Å². The van der Waals surface area contributed by atoms with Crippen molar-refractivity contribution in [3.8, 4) is 0 Å². The van der Waals surface area contributed by atoms with Gasteiger partial charge < -0.3 is 0 Å². The third kappa shape index (κ3) is 2.57. The number of allylic oxidation sites excluding steroid dienone is 3. The molecule has 0 spiro atoms. The Morgan fingerprint density at radius 3 is 2.40 bits per heavy atom. The van der Waals surface area contributed by atoms with Crippen molar-refractivity contribution < 1.29 is 0 Å². The van der Waals surface area contributed by atoms with Crippen molar-refractivity contribution in [3.63, 3.8) is 0 Å². The molecule has 0 atom stereocenters. The summed E-state index contributed by atoms with van der Waals surface area (Å²) in [6, 6.07) is 0. The van der Waals surface area contributed by atoms with E-state index in [2.05, 4.69) is 6.58 Å². The van der Waals surface area contributed by atoms with Gasteiger partial charge in [-0.25, -0.2) is 0 Å². The summed E-state index contributed by atoms with van der Waals surface area (Å²) in [6.45, 7) is 3.64. The van der Waals surface area contributed by atoms with Gasteiger partial charge in [-0.3, -0.25) is 0 Å². The summed E-state index contributed by atoms with van der Waals surface area (Å²) in [6.07, 6.45) is 8.51. The maximum atomic E-state index is 5.64. The van der Waals surface area contributed by atoms with E-state index < -0.39 is 0 Å². The van der Waals surface area contributed by atoms with E-state index in [1.807, 2.05) is 6.08 Å². The highest BCUT2D eigenvalue weighted by molar-refractivity contribution is 6.30. The largest absolute Gasteiger partial charge is 0.0850 e. The van der Waals surface area contributed by atoms with Crippen LogP contribution in [0.15, 0.2) is 23.3 Å². The fourth-order valence-electron chi connectivity index (χ4n) is 1.37. The van der Waals surface area contributed by atoms with Crippen molar-refractivity contribution in [3.05, 3.63) is 23.3 Å². The van der Waals surface area contributed by atoms with Crippen LogP contribution in [-0.2, 0) is 0 Å². The van der Waals surface area contributed by atoms with Gasteiger partial charge in [-0.15, -0.1) is 0 Å². The molecule has 0 aliphatic heterocycles. The molecular formula is C9H13Cl. The Hall–Kier alpha value is -0.230. The second-order valence-corrected chi connectivity index (χ2v) is 3.30. The molecule has 1 fully saturated rings. The molecule has 0 N–H and O–H groups in total. The predicted molar refractivity (Wildman–Crippen MR) is 46.2 cm³/mol. The zero-order valence-corrected chi connectivity index (χ0v) is 6.95. The molecule has 1 rings (SSSR count). The SMILES string of the molecule is C=C(Cl)C=C1CCCCC1. The molecule has 0 aromatic heterocycles. The molecule has 1 heteroatoms. The number of hydrogen-bond acceptors (Lipinski definition) is 0. The van der Waals surface area contributed by atoms with Crippen molar-refractivity contribution in [1.29, 1.82) is 0 Å². The molecule has 0 aromatic rings. The standard InChI is InChI=1S/C9H13Cl/c1-8(10)7-9-5-3-2-4-6-9/h7H,1-6H2. The Morgan fingerprint density at radius 2 is 1.90 bits per heavy atom. The van der Waals surface area contributed by atoms with E-state index in [4.69, 9.17) is 11.6 Å². The Kier molecular flexibility index (Phi) is 3.01. The van der Waals surface area contributed by atoms with Crippen LogP contribution in [0.3, 0.4) is 0 Å². The van der Waals surface area contributed by atoms with Crippen LogP contribution >= 0.6 is 11.6 Å². The molecule has 0 bridgehead atoms. The van der Waals surface area contributed by atoms with Crippen LogP contribution in [0.1, 0.15) is 32.1 Å². The minimum absolute atomic E-state index is 0.678. The fraction of sp³-hybridized carbons (Fsp3) is 0.556. The van der Waals surface area contributed by atoms with E-state index >= 15 is 0 Å². The summed E-state index contributed by atoms with van der Waals surface area (Å²) in [5, 5.41) is 0.678. The quantitative estimate of drug-likeness (QED) is 0.544. The van der Waals surface area contributed by atoms with Gasteiger partial charge in [-0.05, 0) is 31.8 Å². The molecule has 0 heterocycles. The van der Waals surface area contributed by atoms with Crippen LogP contribution in [0.5, 0.6) is 0 Å². The van der Waals surface area contributed by atoms with Crippen LogP contribution in [0.4, 0.5) is 0 Å². The second kappa shape index (κ2) is 3.82. The molecule has 56 valence electrons. The normalized spacial score (nSPS) is 18.7. The fourth-order valence-corrected chi connectivity index (χ4v) is 1.53. The Bertz CT molecular complexity index is 148. The Balaban J connectivity index is 2.45. The van der Waals surface area contributed by atoms with Gasteiger partial charge in [-0.1, -0.05) is 30.2 Å². The van der Waals surface area contributed by atoms with Gasteiger partial charge in [0.05, 0.1) is 0 Å². The lowest BCUT2D eigenvalue weighted by atomic mass is 9.95. The predicted octanol–water partition coefficient (Wildman–Crippen LogP) is 3.63. The molecule has 10 heavy (non-hydrogen) atoms. The van der Waals surface area contributed by atoms with E-state index in [0.29, 0.717) is 5.03 Å². The van der Waals surface area contributed by atoms with Crippen molar-refractivity contribution in [2.75, 3.05) is 0 Å². The number of hydrogen-bond donors (Lipinski definition) is 0. The minimum atomic E-state index is 0.678. The van der Waals surface area contributed by atoms with Crippen molar-refractivity contribution in [2.24, 2.45) is 0 Å². The van der Waals surface area contributed by atoms with E-state index in [0.717, 1.165) is 0 Å². The first kappa shape index (κ1) is 7.87. The molecule has 1 aliphatic rings. The van der Waals surface area contributed by atoms with Gasteiger partial charge in [0, 0.05) is 5.03 Å². The Morgan fingerprint density at radius 1 is 1.30 bits per heavy atom. The van der Waals surface area contributed by atoms with Crippen LogP contribution < -0.4 is 0 Å². The number of rotatable bonds is 1. The van der Waals surface area contributed by atoms with Gasteiger partial charge in [0.25, 0.3) is 0 Å². The van der Waals surface area contributed by atoms with Gasteiger partial charge in [0.15, 0.2) is 0 Å². The third-order valence-electron chi connectivity index (χ3n) is 1.86. The summed E-state index contributed by atoms with van der Waals surface area (Å²) in [5.41, 5.74) is 1.48. The average molecular weight is 157 g/mol. The molecule has 0 saturated heterocycles. The van der Waals surface area contributed by atoms with Gasteiger partial charge in [0.1, 0.15) is 0 Å². The molecule has 1 saturated carbocycles. The summed E-state index contributed by atoms with van der Waals surface area (Å²) >= 11 is 5.64. The molecule has 0 nitrogen and oxygen atoms in total. The van der Waals surface area contributed by atoms with Gasteiger partial charge >= 0.3 is 0 Å². The average Bonchev–Trinajstić information content (AvgIpc) is 1.88. The van der Waals surface area contributed by atoms with Crippen molar-refractivity contribution in [1.82, 2.24) is 0 Å². The van der Waals surface area contributed by atoms with Gasteiger partial charge in [-0.2, -0.15) is 0 Å². The third-order valence-corrected chi connectivity index (χ3v) is 1.97. The van der Waals surface area contributed by atoms with Crippen LogP contribution in [0.25, 0.3) is 0 Å². The molecule has 0 aromatic carbocycles. The van der Waals surface area contributed by atoms with E-state index in [1.165, 1.54) is 37.7 Å². The van der Waals surface area contributed by atoms with E-state index in [9.17, 15) is 0 Å². The zero-order valence-electron chi connectivity index (χ0n) is 6.20. The molecule has 0 amide bonds. The van der Waals surface area contributed by atoms with E-state index in [1.54, 1.807) is 0 Å². The van der Waals surface area contributed by atoms with Crippen LogP contribution in [0, 0.1) is 0 Å². The maximum Gasteiger partial charge on any atom is 0.0333 e. The summed E-state index contributed by atoms with van der Waals surface area (Å²) < 4.78 is 0. The van der Waals surface area contributed by atoms with Crippen LogP contribution in [-0.4, -0.2) is 0 Å².